The molecule has 1 aromatic rings. The van der Waals surface area contributed by atoms with Crippen LogP contribution in [0.3, 0.4) is 0 Å². The molecular formula is C15H19N3O6. The number of nitrogens with one attached hydrogen (secondary N) is 2. The molecule has 1 fully saturated rings. The third kappa shape index (κ3) is 5.51. The molecule has 0 radical (unpaired) electrons. The Morgan fingerprint density at radius 1 is 1.25 bits per heavy atom. The van der Waals surface area contributed by atoms with Crippen molar-refractivity contribution < 1.29 is 24.3 Å². The highest BCUT2D eigenvalue weighted by atomic mass is 16.9. The molecule has 0 spiro atoms. The van der Waals surface area contributed by atoms with E-state index < -0.39 is 11.0 Å². The van der Waals surface area contributed by atoms with E-state index in [1.165, 1.54) is 12.1 Å². The molecule has 9 heteroatoms. The van der Waals surface area contributed by atoms with Gasteiger partial charge in [-0.15, -0.1) is 10.1 Å². The van der Waals surface area contributed by atoms with Crippen molar-refractivity contribution in [3.63, 3.8) is 0 Å². The van der Waals surface area contributed by atoms with Crippen molar-refractivity contribution in [2.24, 2.45) is 5.92 Å². The molecule has 0 atom stereocenters. The fourth-order valence-corrected chi connectivity index (χ4v) is 2.32. The second-order valence-corrected chi connectivity index (χ2v) is 5.28. The highest BCUT2D eigenvalue weighted by molar-refractivity contribution is 5.94. The molecule has 1 saturated heterocycles. The van der Waals surface area contributed by atoms with Crippen LogP contribution in [-0.4, -0.2) is 43.2 Å². The lowest BCUT2D eigenvalue weighted by Crippen LogP contribution is -2.33. The van der Waals surface area contributed by atoms with Crippen LogP contribution in [-0.2, 0) is 9.63 Å². The fraction of sp³-hybridized carbons (Fsp3) is 0.467. The van der Waals surface area contributed by atoms with Crippen molar-refractivity contribution in [2.75, 3.05) is 26.2 Å². The topological polar surface area (TPSA) is 120 Å². The summed E-state index contributed by atoms with van der Waals surface area (Å²) >= 11 is 0. The van der Waals surface area contributed by atoms with Gasteiger partial charge in [0.25, 0.3) is 11.0 Å². The van der Waals surface area contributed by atoms with E-state index in [4.69, 9.17) is 4.74 Å². The molecule has 1 aliphatic rings. The lowest BCUT2D eigenvalue weighted by molar-refractivity contribution is -0.757. The van der Waals surface area contributed by atoms with Crippen molar-refractivity contribution in [1.29, 1.82) is 0 Å². The molecule has 1 amide bonds. The van der Waals surface area contributed by atoms with Crippen molar-refractivity contribution in [3.8, 4) is 5.75 Å². The number of carbonyl (C=O) groups is 2. The standard InChI is InChI=1S/C15H19N3O6/c19-14(17-9-10-23-18(21)22)11-1-3-13(4-2-11)24-15(20)12-5-7-16-8-6-12/h1-4,12,16H,5-10H2,(H,17,19). The molecule has 24 heavy (non-hydrogen) atoms. The van der Waals surface area contributed by atoms with E-state index in [1.807, 2.05) is 0 Å². The number of piperidine rings is 1. The van der Waals surface area contributed by atoms with E-state index in [9.17, 15) is 19.7 Å². The van der Waals surface area contributed by atoms with E-state index in [1.54, 1.807) is 12.1 Å². The summed E-state index contributed by atoms with van der Waals surface area (Å²) in [6, 6.07) is 6.13. The number of benzene rings is 1. The van der Waals surface area contributed by atoms with E-state index in [-0.39, 0.29) is 25.0 Å². The maximum Gasteiger partial charge on any atom is 0.314 e. The molecule has 1 aromatic carbocycles. The van der Waals surface area contributed by atoms with Gasteiger partial charge in [-0.3, -0.25) is 9.59 Å². The van der Waals surface area contributed by atoms with E-state index in [0.29, 0.717) is 11.3 Å². The zero-order valence-electron chi connectivity index (χ0n) is 13.0. The molecule has 1 heterocycles. The summed E-state index contributed by atoms with van der Waals surface area (Å²) in [7, 11) is 0. The fourth-order valence-electron chi connectivity index (χ4n) is 2.32. The number of amides is 1. The average molecular weight is 337 g/mol. The predicted molar refractivity (Wildman–Crippen MR) is 83.0 cm³/mol. The molecule has 0 saturated carbocycles. The van der Waals surface area contributed by atoms with Gasteiger partial charge in [0.15, 0.2) is 0 Å². The van der Waals surface area contributed by atoms with Crippen LogP contribution in [0.5, 0.6) is 5.75 Å². The summed E-state index contributed by atoms with van der Waals surface area (Å²) in [5.41, 5.74) is 0.359. The second-order valence-electron chi connectivity index (χ2n) is 5.28. The average Bonchev–Trinajstić information content (AvgIpc) is 2.59. The Morgan fingerprint density at radius 2 is 1.92 bits per heavy atom. The molecule has 1 aliphatic heterocycles. The number of esters is 1. The number of nitrogens with zero attached hydrogens (tertiary/aromatic N) is 1. The Kier molecular flexibility index (Phi) is 6.50. The van der Waals surface area contributed by atoms with Gasteiger partial charge < -0.3 is 20.2 Å². The van der Waals surface area contributed by atoms with Gasteiger partial charge in [-0.25, -0.2) is 0 Å². The quantitative estimate of drug-likeness (QED) is 0.245. The molecule has 0 aromatic heterocycles. The Hall–Kier alpha value is -2.68. The summed E-state index contributed by atoms with van der Waals surface area (Å²) in [6.45, 7) is 1.41. The highest BCUT2D eigenvalue weighted by Crippen LogP contribution is 2.18. The van der Waals surface area contributed by atoms with Crippen LogP contribution in [0, 0.1) is 16.0 Å². The Bertz CT molecular complexity index is 583. The normalized spacial score (nSPS) is 14.7. The summed E-state index contributed by atoms with van der Waals surface area (Å²) < 4.78 is 5.32. The zero-order chi connectivity index (χ0) is 17.4. The van der Waals surface area contributed by atoms with E-state index in [0.717, 1.165) is 25.9 Å². The molecule has 9 nitrogen and oxygen atoms in total. The van der Waals surface area contributed by atoms with Gasteiger partial charge in [-0.1, -0.05) is 0 Å². The first-order chi connectivity index (χ1) is 11.6. The molecular weight excluding hydrogens is 318 g/mol. The first-order valence-electron chi connectivity index (χ1n) is 7.64. The molecule has 0 aliphatic carbocycles. The van der Waals surface area contributed by atoms with Gasteiger partial charge in [-0.05, 0) is 50.2 Å². The minimum atomic E-state index is -0.919. The van der Waals surface area contributed by atoms with Gasteiger partial charge in [0.05, 0.1) is 5.92 Å². The van der Waals surface area contributed by atoms with Crippen LogP contribution in [0.15, 0.2) is 24.3 Å². The molecule has 2 rings (SSSR count). The van der Waals surface area contributed by atoms with Crippen LogP contribution >= 0.6 is 0 Å². The molecule has 2 N–H and O–H groups in total. The Labute approximate surface area is 138 Å². The number of rotatable bonds is 7. The first kappa shape index (κ1) is 17.7. The number of hydrogen-bond acceptors (Lipinski definition) is 7. The van der Waals surface area contributed by atoms with Crippen LogP contribution in [0.4, 0.5) is 0 Å². The third-order valence-corrected chi connectivity index (χ3v) is 3.59. The van der Waals surface area contributed by atoms with Crippen LogP contribution in [0.25, 0.3) is 0 Å². The smallest absolute Gasteiger partial charge is 0.314 e. The summed E-state index contributed by atoms with van der Waals surface area (Å²) in [4.78, 5) is 37.9. The van der Waals surface area contributed by atoms with Gasteiger partial charge in [-0.2, -0.15) is 0 Å². The van der Waals surface area contributed by atoms with Crippen LogP contribution in [0.1, 0.15) is 23.2 Å². The lowest BCUT2D eigenvalue weighted by atomic mass is 9.98. The zero-order valence-corrected chi connectivity index (χ0v) is 13.0. The van der Waals surface area contributed by atoms with Gasteiger partial charge >= 0.3 is 5.97 Å². The highest BCUT2D eigenvalue weighted by Gasteiger charge is 2.22. The molecule has 0 unspecified atom stereocenters. The van der Waals surface area contributed by atoms with Crippen molar-refractivity contribution in [1.82, 2.24) is 10.6 Å². The Morgan fingerprint density at radius 3 is 2.54 bits per heavy atom. The van der Waals surface area contributed by atoms with Crippen molar-refractivity contribution >= 4 is 11.9 Å². The predicted octanol–water partition coefficient (Wildman–Crippen LogP) is 0.530. The number of ether oxygens (including phenoxy) is 1. The van der Waals surface area contributed by atoms with Gasteiger partial charge in [0, 0.05) is 12.1 Å². The monoisotopic (exact) mass is 337 g/mol. The van der Waals surface area contributed by atoms with Crippen LogP contribution < -0.4 is 15.4 Å². The first-order valence-corrected chi connectivity index (χ1v) is 7.64. The van der Waals surface area contributed by atoms with Crippen molar-refractivity contribution in [3.05, 3.63) is 39.9 Å². The summed E-state index contributed by atoms with van der Waals surface area (Å²) in [5, 5.41) is 14.7. The number of carbonyl (C=O) groups excluding carboxylic acids is 2. The van der Waals surface area contributed by atoms with Crippen molar-refractivity contribution in [2.45, 2.75) is 12.8 Å². The van der Waals surface area contributed by atoms with E-state index >= 15 is 0 Å². The minimum Gasteiger partial charge on any atom is -0.426 e. The summed E-state index contributed by atoms with van der Waals surface area (Å²) in [5.74, 6) is -0.369. The van der Waals surface area contributed by atoms with Crippen LogP contribution in [0.2, 0.25) is 0 Å². The Balaban J connectivity index is 1.80. The summed E-state index contributed by atoms with van der Waals surface area (Å²) in [6.07, 6.45) is 1.51. The maximum absolute atomic E-state index is 12.0. The van der Waals surface area contributed by atoms with E-state index in [2.05, 4.69) is 15.5 Å². The van der Waals surface area contributed by atoms with Gasteiger partial charge in [0.1, 0.15) is 12.4 Å². The maximum atomic E-state index is 12.0. The minimum absolute atomic E-state index is 0.0201. The third-order valence-electron chi connectivity index (χ3n) is 3.59. The number of hydrogen-bond donors (Lipinski definition) is 2. The lowest BCUT2D eigenvalue weighted by Gasteiger charge is -2.20. The SMILES string of the molecule is O=C(NCCO[N+](=O)[O-])c1ccc(OC(=O)C2CCNCC2)cc1. The molecule has 0 bridgehead atoms. The van der Waals surface area contributed by atoms with Gasteiger partial charge in [0.2, 0.25) is 0 Å². The largest absolute Gasteiger partial charge is 0.426 e. The second kappa shape index (κ2) is 8.82. The molecule has 130 valence electrons.